The number of hydrogen-bond donors (Lipinski definition) is 1. The van der Waals surface area contributed by atoms with Gasteiger partial charge in [0.25, 0.3) is 0 Å². The zero-order chi connectivity index (χ0) is 7.73. The summed E-state index contributed by atoms with van der Waals surface area (Å²) in [6.45, 7) is 5.59. The van der Waals surface area contributed by atoms with E-state index in [-0.39, 0.29) is 5.60 Å². The van der Waals surface area contributed by atoms with Gasteiger partial charge in [-0.1, -0.05) is 0 Å². The van der Waals surface area contributed by atoms with Gasteiger partial charge >= 0.3 is 0 Å². The molecule has 0 aromatic rings. The highest BCUT2D eigenvalue weighted by molar-refractivity contribution is 4.96. The van der Waals surface area contributed by atoms with E-state index >= 15 is 0 Å². The van der Waals surface area contributed by atoms with Crippen molar-refractivity contribution < 1.29 is 9.47 Å². The van der Waals surface area contributed by atoms with E-state index < -0.39 is 0 Å². The summed E-state index contributed by atoms with van der Waals surface area (Å²) < 4.78 is 11.1. The number of hydrogen-bond acceptors (Lipinski definition) is 3. The summed E-state index contributed by atoms with van der Waals surface area (Å²) in [7, 11) is 0. The Kier molecular flexibility index (Phi) is 1.87. The zero-order valence-electron chi connectivity index (χ0n) is 6.93. The van der Waals surface area contributed by atoms with Crippen molar-refractivity contribution in [2.75, 3.05) is 26.4 Å². The fraction of sp³-hybridized carbons (Fsp3) is 1.00. The van der Waals surface area contributed by atoms with Crippen LogP contribution in [0.4, 0.5) is 0 Å². The standard InChI is InChI=1S/C8H15NO2/c1-7-8(2-4-10-6-8)11-5-3-9-7/h7,9H,2-6H2,1H3. The van der Waals surface area contributed by atoms with E-state index in [0.29, 0.717) is 6.04 Å². The van der Waals surface area contributed by atoms with Crippen molar-refractivity contribution in [2.45, 2.75) is 25.0 Å². The molecule has 2 unspecified atom stereocenters. The van der Waals surface area contributed by atoms with Crippen LogP contribution < -0.4 is 5.32 Å². The highest BCUT2D eigenvalue weighted by Gasteiger charge is 2.42. The average molecular weight is 157 g/mol. The molecular weight excluding hydrogens is 142 g/mol. The Balaban J connectivity index is 2.07. The van der Waals surface area contributed by atoms with Crippen molar-refractivity contribution in [3.8, 4) is 0 Å². The predicted octanol–water partition coefficient (Wildman–Crippen LogP) is 0.154. The normalized spacial score (nSPS) is 45.0. The van der Waals surface area contributed by atoms with E-state index in [1.807, 2.05) is 0 Å². The molecular formula is C8H15NO2. The molecule has 0 bridgehead atoms. The summed E-state index contributed by atoms with van der Waals surface area (Å²) in [5, 5.41) is 3.41. The summed E-state index contributed by atoms with van der Waals surface area (Å²) in [5.74, 6) is 0. The van der Waals surface area contributed by atoms with Crippen LogP contribution in [0.5, 0.6) is 0 Å². The minimum atomic E-state index is -0.00174. The first-order chi connectivity index (χ1) is 5.33. The fourth-order valence-electron chi connectivity index (χ4n) is 1.86. The van der Waals surface area contributed by atoms with Crippen molar-refractivity contribution in [2.24, 2.45) is 0 Å². The van der Waals surface area contributed by atoms with Crippen LogP contribution in [-0.4, -0.2) is 38.0 Å². The number of morpholine rings is 1. The van der Waals surface area contributed by atoms with Crippen molar-refractivity contribution >= 4 is 0 Å². The molecule has 0 aliphatic carbocycles. The maximum atomic E-state index is 5.75. The molecule has 0 radical (unpaired) electrons. The molecule has 0 saturated carbocycles. The summed E-state index contributed by atoms with van der Waals surface area (Å²) in [5.41, 5.74) is -0.00174. The van der Waals surface area contributed by atoms with Crippen LogP contribution in [0.2, 0.25) is 0 Å². The molecule has 2 fully saturated rings. The monoisotopic (exact) mass is 157 g/mol. The molecule has 2 aliphatic heterocycles. The highest BCUT2D eigenvalue weighted by atomic mass is 16.6. The van der Waals surface area contributed by atoms with Gasteiger partial charge in [-0.2, -0.15) is 0 Å². The van der Waals surface area contributed by atoms with E-state index in [1.54, 1.807) is 0 Å². The third-order valence-electron chi connectivity index (χ3n) is 2.75. The minimum Gasteiger partial charge on any atom is -0.378 e. The molecule has 2 aliphatic rings. The Bertz CT molecular complexity index is 143. The van der Waals surface area contributed by atoms with Crippen LogP contribution in [-0.2, 0) is 9.47 Å². The average Bonchev–Trinajstić information content (AvgIpc) is 2.46. The molecule has 0 amide bonds. The molecule has 2 rings (SSSR count). The molecule has 3 heteroatoms. The van der Waals surface area contributed by atoms with Crippen LogP contribution in [0.3, 0.4) is 0 Å². The van der Waals surface area contributed by atoms with E-state index in [4.69, 9.17) is 9.47 Å². The smallest absolute Gasteiger partial charge is 0.109 e. The van der Waals surface area contributed by atoms with Crippen molar-refractivity contribution in [3.63, 3.8) is 0 Å². The largest absolute Gasteiger partial charge is 0.378 e. The Morgan fingerprint density at radius 3 is 3.00 bits per heavy atom. The summed E-state index contributed by atoms with van der Waals surface area (Å²) in [4.78, 5) is 0. The molecule has 0 aromatic carbocycles. The van der Waals surface area contributed by atoms with Crippen LogP contribution >= 0.6 is 0 Å². The van der Waals surface area contributed by atoms with Crippen molar-refractivity contribution in [3.05, 3.63) is 0 Å². The second-order valence-corrected chi connectivity index (χ2v) is 3.39. The lowest BCUT2D eigenvalue weighted by molar-refractivity contribution is -0.0929. The van der Waals surface area contributed by atoms with Crippen LogP contribution in [0, 0.1) is 0 Å². The molecule has 11 heavy (non-hydrogen) atoms. The molecule has 2 heterocycles. The number of ether oxygens (including phenoxy) is 2. The summed E-state index contributed by atoms with van der Waals surface area (Å²) >= 11 is 0. The summed E-state index contributed by atoms with van der Waals surface area (Å²) in [6.07, 6.45) is 1.04. The zero-order valence-corrected chi connectivity index (χ0v) is 6.93. The quantitative estimate of drug-likeness (QED) is 0.543. The Hall–Kier alpha value is -0.120. The van der Waals surface area contributed by atoms with Crippen molar-refractivity contribution in [1.29, 1.82) is 0 Å². The third kappa shape index (κ3) is 1.17. The van der Waals surface area contributed by atoms with E-state index in [9.17, 15) is 0 Å². The highest BCUT2D eigenvalue weighted by Crippen LogP contribution is 2.28. The lowest BCUT2D eigenvalue weighted by atomic mass is 9.93. The predicted molar refractivity (Wildman–Crippen MR) is 41.6 cm³/mol. The number of rotatable bonds is 0. The molecule has 1 spiro atoms. The molecule has 3 nitrogen and oxygen atoms in total. The van der Waals surface area contributed by atoms with Gasteiger partial charge < -0.3 is 14.8 Å². The summed E-state index contributed by atoms with van der Waals surface area (Å²) in [6, 6.07) is 0.443. The topological polar surface area (TPSA) is 30.5 Å². The number of nitrogens with one attached hydrogen (secondary N) is 1. The second kappa shape index (κ2) is 2.73. The van der Waals surface area contributed by atoms with Gasteiger partial charge in [0.05, 0.1) is 13.2 Å². The first-order valence-corrected chi connectivity index (χ1v) is 4.29. The SMILES string of the molecule is CC1NCCOC12CCOC2. The van der Waals surface area contributed by atoms with Gasteiger partial charge in [-0.3, -0.25) is 0 Å². The Morgan fingerprint density at radius 2 is 2.36 bits per heavy atom. The van der Waals surface area contributed by atoms with Crippen molar-refractivity contribution in [1.82, 2.24) is 5.32 Å². The van der Waals surface area contributed by atoms with E-state index in [0.717, 1.165) is 32.8 Å². The first-order valence-electron chi connectivity index (χ1n) is 4.29. The van der Waals surface area contributed by atoms with Gasteiger partial charge in [-0.25, -0.2) is 0 Å². The maximum absolute atomic E-state index is 5.75. The maximum Gasteiger partial charge on any atom is 0.109 e. The Labute approximate surface area is 67.1 Å². The first kappa shape index (κ1) is 7.53. The van der Waals surface area contributed by atoms with Gasteiger partial charge in [-0.15, -0.1) is 0 Å². The fourth-order valence-corrected chi connectivity index (χ4v) is 1.86. The van der Waals surface area contributed by atoms with Crippen LogP contribution in [0.1, 0.15) is 13.3 Å². The van der Waals surface area contributed by atoms with E-state index in [2.05, 4.69) is 12.2 Å². The molecule has 1 N–H and O–H groups in total. The van der Waals surface area contributed by atoms with E-state index in [1.165, 1.54) is 0 Å². The Morgan fingerprint density at radius 1 is 1.45 bits per heavy atom. The van der Waals surface area contributed by atoms with Crippen LogP contribution in [0.15, 0.2) is 0 Å². The second-order valence-electron chi connectivity index (χ2n) is 3.39. The molecule has 0 aromatic heterocycles. The van der Waals surface area contributed by atoms with Gasteiger partial charge in [-0.05, 0) is 6.92 Å². The minimum absolute atomic E-state index is 0.00174. The molecule has 2 saturated heterocycles. The molecule has 2 atom stereocenters. The van der Waals surface area contributed by atoms with Crippen LogP contribution in [0.25, 0.3) is 0 Å². The third-order valence-corrected chi connectivity index (χ3v) is 2.75. The lowest BCUT2D eigenvalue weighted by Gasteiger charge is -2.38. The molecule has 64 valence electrons. The van der Waals surface area contributed by atoms with Gasteiger partial charge in [0.15, 0.2) is 0 Å². The van der Waals surface area contributed by atoms with Gasteiger partial charge in [0.2, 0.25) is 0 Å². The lowest BCUT2D eigenvalue weighted by Crippen LogP contribution is -2.57. The van der Waals surface area contributed by atoms with Gasteiger partial charge in [0, 0.05) is 25.6 Å². The van der Waals surface area contributed by atoms with Gasteiger partial charge in [0.1, 0.15) is 5.60 Å².